The molecule has 1 saturated carbocycles. The summed E-state index contributed by atoms with van der Waals surface area (Å²) in [6.45, 7) is 1.52. The van der Waals surface area contributed by atoms with Crippen molar-refractivity contribution in [2.45, 2.75) is 89.3 Å². The summed E-state index contributed by atoms with van der Waals surface area (Å²) in [5.74, 6) is 0.683. The third kappa shape index (κ3) is 7.74. The molecule has 3 aliphatic heterocycles. The summed E-state index contributed by atoms with van der Waals surface area (Å²) < 4.78 is 0. The monoisotopic (exact) mass is 542 g/mol. The number of nitrogens with one attached hydrogen (secondary N) is 3. The van der Waals surface area contributed by atoms with Gasteiger partial charge in [0.2, 0.25) is 23.6 Å². The van der Waals surface area contributed by atoms with E-state index in [2.05, 4.69) is 28.6 Å². The average molecular weight is 543 g/mol. The lowest BCUT2D eigenvalue weighted by Crippen LogP contribution is -2.54. The van der Waals surface area contributed by atoms with Crippen LogP contribution in [0.1, 0.15) is 75.3 Å². The molecule has 0 aromatic heterocycles. The van der Waals surface area contributed by atoms with Crippen LogP contribution in [0.25, 0.3) is 0 Å². The molecule has 3 N–H and O–H groups in total. The van der Waals surface area contributed by atoms with Gasteiger partial charge in [-0.15, -0.1) is 0 Å². The molecule has 1 aromatic rings. The molecule has 2 fully saturated rings. The van der Waals surface area contributed by atoms with E-state index in [9.17, 15) is 19.2 Å². The normalized spacial score (nSPS) is 27.3. The minimum atomic E-state index is -0.657. The standard InChI is InChI=1S/C29H42N4O4S/c34-26-17-21-6-4-7-22(16-21)19-31-27(35)24(8-2-1-3-15-38)32-28(36)25-9-5-14-33(25)29(37)23-12-10-20(11-13-23)18-30-26/h4,6-7,16,20,23-25,38H,1-3,5,8-15,17-19H2,(H,30,34)(H,31,35)(H,32,36)/t20?,23?,24-,25-/m0/s1. The summed E-state index contributed by atoms with van der Waals surface area (Å²) in [5.41, 5.74) is 1.81. The smallest absolute Gasteiger partial charge is 0.243 e. The first-order valence-corrected chi connectivity index (χ1v) is 14.9. The van der Waals surface area contributed by atoms with E-state index < -0.39 is 12.1 Å². The number of unbranched alkanes of at least 4 members (excludes halogenated alkanes) is 2. The number of benzene rings is 1. The summed E-state index contributed by atoms with van der Waals surface area (Å²) in [4.78, 5) is 54.4. The van der Waals surface area contributed by atoms with E-state index >= 15 is 0 Å². The van der Waals surface area contributed by atoms with Crippen LogP contribution in [-0.4, -0.2) is 59.5 Å². The quantitative estimate of drug-likeness (QED) is 0.339. The Morgan fingerprint density at radius 3 is 2.47 bits per heavy atom. The van der Waals surface area contributed by atoms with E-state index in [4.69, 9.17) is 0 Å². The van der Waals surface area contributed by atoms with Crippen LogP contribution in [0.15, 0.2) is 24.3 Å². The number of rotatable bonds is 5. The zero-order chi connectivity index (χ0) is 26.9. The molecule has 5 rings (SSSR count). The Hall–Kier alpha value is -2.55. The summed E-state index contributed by atoms with van der Waals surface area (Å²) in [5, 5.41) is 9.05. The van der Waals surface area contributed by atoms with Gasteiger partial charge in [0, 0.05) is 25.6 Å². The number of carbonyl (C=O) groups is 4. The van der Waals surface area contributed by atoms with Crippen LogP contribution < -0.4 is 16.0 Å². The molecule has 38 heavy (non-hydrogen) atoms. The largest absolute Gasteiger partial charge is 0.356 e. The van der Waals surface area contributed by atoms with Crippen LogP contribution in [0.3, 0.4) is 0 Å². The van der Waals surface area contributed by atoms with Crippen LogP contribution in [0, 0.1) is 11.8 Å². The Kier molecular flexibility index (Phi) is 10.5. The summed E-state index contributed by atoms with van der Waals surface area (Å²) in [6, 6.07) is 6.52. The highest BCUT2D eigenvalue weighted by molar-refractivity contribution is 7.80. The van der Waals surface area contributed by atoms with Crippen LogP contribution in [0.5, 0.6) is 0 Å². The molecule has 208 valence electrons. The Morgan fingerprint density at radius 2 is 1.68 bits per heavy atom. The molecule has 0 unspecified atom stereocenters. The molecular formula is C29H42N4O4S. The summed E-state index contributed by atoms with van der Waals surface area (Å²) in [6.07, 6.45) is 8.29. The van der Waals surface area contributed by atoms with Gasteiger partial charge >= 0.3 is 0 Å². The van der Waals surface area contributed by atoms with Gasteiger partial charge in [-0.05, 0) is 74.2 Å². The second-order valence-corrected chi connectivity index (χ2v) is 11.5. The zero-order valence-corrected chi connectivity index (χ0v) is 23.1. The maximum atomic E-state index is 13.4. The van der Waals surface area contributed by atoms with Crippen molar-refractivity contribution >= 4 is 36.3 Å². The van der Waals surface area contributed by atoms with E-state index in [-0.39, 0.29) is 36.0 Å². The van der Waals surface area contributed by atoms with Crippen molar-refractivity contribution < 1.29 is 19.2 Å². The molecule has 4 aliphatic rings. The minimum Gasteiger partial charge on any atom is -0.356 e. The fourth-order valence-corrected chi connectivity index (χ4v) is 6.22. The third-order valence-electron chi connectivity index (χ3n) is 8.23. The summed E-state index contributed by atoms with van der Waals surface area (Å²) in [7, 11) is 0. The molecule has 1 aliphatic carbocycles. The second kappa shape index (κ2) is 14.0. The predicted molar refractivity (Wildman–Crippen MR) is 149 cm³/mol. The lowest BCUT2D eigenvalue weighted by Gasteiger charge is -2.33. The number of nitrogens with zero attached hydrogens (tertiary/aromatic N) is 1. The Balaban J connectivity index is 1.52. The number of thiol groups is 1. The fourth-order valence-electron chi connectivity index (χ4n) is 5.99. The van der Waals surface area contributed by atoms with Crippen molar-refractivity contribution in [1.82, 2.24) is 20.9 Å². The van der Waals surface area contributed by atoms with Crippen LogP contribution in [-0.2, 0) is 32.1 Å². The van der Waals surface area contributed by atoms with Gasteiger partial charge in [0.25, 0.3) is 0 Å². The maximum Gasteiger partial charge on any atom is 0.243 e. The molecular weight excluding hydrogens is 500 g/mol. The minimum absolute atomic E-state index is 0.0114. The first kappa shape index (κ1) is 28.5. The molecule has 1 saturated heterocycles. The number of amides is 4. The van der Waals surface area contributed by atoms with E-state index in [1.54, 1.807) is 4.90 Å². The fraction of sp³-hybridized carbons (Fsp3) is 0.655. The maximum absolute atomic E-state index is 13.4. The molecule has 8 nitrogen and oxygen atoms in total. The van der Waals surface area contributed by atoms with Crippen LogP contribution in [0.2, 0.25) is 0 Å². The molecule has 1 aromatic carbocycles. The van der Waals surface area contributed by atoms with E-state index in [1.165, 1.54) is 0 Å². The molecule has 2 atom stereocenters. The molecule has 9 heteroatoms. The highest BCUT2D eigenvalue weighted by atomic mass is 32.1. The molecule has 0 spiro atoms. The lowest BCUT2D eigenvalue weighted by molar-refractivity contribution is -0.143. The van der Waals surface area contributed by atoms with Gasteiger partial charge in [-0.25, -0.2) is 0 Å². The average Bonchev–Trinajstić information content (AvgIpc) is 3.42. The van der Waals surface area contributed by atoms with Crippen molar-refractivity contribution in [3.63, 3.8) is 0 Å². The number of carbonyl (C=O) groups excluding carboxylic acids is 4. The second-order valence-electron chi connectivity index (χ2n) is 11.1. The Bertz CT molecular complexity index is 995. The van der Waals surface area contributed by atoms with Crippen molar-refractivity contribution in [2.24, 2.45) is 11.8 Å². The van der Waals surface area contributed by atoms with Gasteiger partial charge in [-0.3, -0.25) is 19.2 Å². The topological polar surface area (TPSA) is 108 Å². The van der Waals surface area contributed by atoms with Gasteiger partial charge in [0.15, 0.2) is 0 Å². The SMILES string of the molecule is O=C1Cc2cccc(c2)CNC(=O)[C@H](CCCCCS)NC(=O)[C@@H]2CCCN2C(=O)C2CCC(CC2)CN1. The van der Waals surface area contributed by atoms with Gasteiger partial charge in [-0.1, -0.05) is 37.1 Å². The highest BCUT2D eigenvalue weighted by Gasteiger charge is 2.39. The third-order valence-corrected chi connectivity index (χ3v) is 8.55. The first-order chi connectivity index (χ1) is 18.4. The number of hydrogen-bond acceptors (Lipinski definition) is 5. The molecule has 4 bridgehead atoms. The van der Waals surface area contributed by atoms with E-state index in [1.807, 2.05) is 24.3 Å². The predicted octanol–water partition coefficient (Wildman–Crippen LogP) is 2.75. The zero-order valence-electron chi connectivity index (χ0n) is 22.3. The molecule has 0 radical (unpaired) electrons. The van der Waals surface area contributed by atoms with Crippen molar-refractivity contribution in [2.75, 3.05) is 18.8 Å². The highest BCUT2D eigenvalue weighted by Crippen LogP contribution is 2.32. The van der Waals surface area contributed by atoms with Gasteiger partial charge in [-0.2, -0.15) is 12.6 Å². The van der Waals surface area contributed by atoms with Gasteiger partial charge < -0.3 is 20.9 Å². The Labute approximate surface area is 231 Å². The molecule has 4 amide bonds. The van der Waals surface area contributed by atoms with E-state index in [0.29, 0.717) is 38.4 Å². The van der Waals surface area contributed by atoms with Crippen molar-refractivity contribution in [1.29, 1.82) is 0 Å². The van der Waals surface area contributed by atoms with Crippen LogP contribution in [0.4, 0.5) is 0 Å². The van der Waals surface area contributed by atoms with Gasteiger partial charge in [0.1, 0.15) is 12.1 Å². The Morgan fingerprint density at radius 1 is 0.895 bits per heavy atom. The summed E-state index contributed by atoms with van der Waals surface area (Å²) >= 11 is 4.27. The van der Waals surface area contributed by atoms with Crippen LogP contribution >= 0.6 is 12.6 Å². The van der Waals surface area contributed by atoms with Crippen molar-refractivity contribution in [3.05, 3.63) is 35.4 Å². The first-order valence-electron chi connectivity index (χ1n) is 14.3. The lowest BCUT2D eigenvalue weighted by atomic mass is 9.81. The molecule has 3 heterocycles. The van der Waals surface area contributed by atoms with Crippen molar-refractivity contribution in [3.8, 4) is 0 Å². The van der Waals surface area contributed by atoms with E-state index in [0.717, 1.165) is 68.2 Å². The number of fused-ring (bicyclic) bond motifs is 10. The van der Waals surface area contributed by atoms with Gasteiger partial charge in [0.05, 0.1) is 6.42 Å². The number of hydrogen-bond donors (Lipinski definition) is 4.